The second-order valence-electron chi connectivity index (χ2n) is 5.60. The van der Waals surface area contributed by atoms with Crippen LogP contribution in [0.4, 0.5) is 5.69 Å². The number of fused-ring (bicyclic) bond motifs is 1. The molecular formula is C18H22N4. The number of anilines is 1. The summed E-state index contributed by atoms with van der Waals surface area (Å²) in [5.41, 5.74) is 9.86. The van der Waals surface area contributed by atoms with Crippen LogP contribution in [0.2, 0.25) is 0 Å². The number of aromatic nitrogens is 3. The highest BCUT2D eigenvalue weighted by Crippen LogP contribution is 2.28. The van der Waals surface area contributed by atoms with Crippen molar-refractivity contribution in [1.82, 2.24) is 14.5 Å². The summed E-state index contributed by atoms with van der Waals surface area (Å²) in [6.45, 7) is 3.19. The van der Waals surface area contributed by atoms with E-state index in [9.17, 15) is 0 Å². The zero-order valence-corrected chi connectivity index (χ0v) is 13.0. The Morgan fingerprint density at radius 2 is 2.00 bits per heavy atom. The average molecular weight is 294 g/mol. The van der Waals surface area contributed by atoms with Crippen LogP contribution in [0.1, 0.15) is 32.6 Å². The van der Waals surface area contributed by atoms with E-state index >= 15 is 0 Å². The van der Waals surface area contributed by atoms with E-state index < -0.39 is 0 Å². The van der Waals surface area contributed by atoms with E-state index in [-0.39, 0.29) is 0 Å². The summed E-state index contributed by atoms with van der Waals surface area (Å²) >= 11 is 0. The summed E-state index contributed by atoms with van der Waals surface area (Å²) in [5, 5.41) is 0. The SMILES string of the molecule is CCCCCCn1c(-c2cccnc2)nc2c(N)cccc21. The second-order valence-corrected chi connectivity index (χ2v) is 5.60. The van der Waals surface area contributed by atoms with Crippen molar-refractivity contribution in [2.24, 2.45) is 0 Å². The summed E-state index contributed by atoms with van der Waals surface area (Å²) in [6, 6.07) is 9.99. The molecule has 0 saturated heterocycles. The maximum absolute atomic E-state index is 6.10. The quantitative estimate of drug-likeness (QED) is 0.546. The number of hydrogen-bond donors (Lipinski definition) is 1. The number of unbranched alkanes of at least 4 members (excludes halogenated alkanes) is 3. The Morgan fingerprint density at radius 3 is 2.77 bits per heavy atom. The van der Waals surface area contributed by atoms with Crippen molar-refractivity contribution in [3.63, 3.8) is 0 Å². The first-order valence-corrected chi connectivity index (χ1v) is 7.96. The molecule has 0 atom stereocenters. The molecule has 4 heteroatoms. The third kappa shape index (κ3) is 2.82. The number of nitrogen functional groups attached to an aromatic ring is 1. The summed E-state index contributed by atoms with van der Waals surface area (Å²) in [6.07, 6.45) is 8.56. The first kappa shape index (κ1) is 14.6. The highest BCUT2D eigenvalue weighted by molar-refractivity contribution is 5.90. The number of nitrogens with two attached hydrogens (primary N) is 1. The molecule has 0 bridgehead atoms. The Hall–Kier alpha value is -2.36. The number of hydrogen-bond acceptors (Lipinski definition) is 3. The fraction of sp³-hybridized carbons (Fsp3) is 0.333. The van der Waals surface area contributed by atoms with E-state index in [2.05, 4.69) is 22.5 Å². The molecule has 0 fully saturated rings. The molecule has 1 aromatic carbocycles. The molecule has 0 radical (unpaired) electrons. The number of nitrogens with zero attached hydrogens (tertiary/aromatic N) is 3. The van der Waals surface area contributed by atoms with Crippen LogP contribution in [0.3, 0.4) is 0 Å². The van der Waals surface area contributed by atoms with Gasteiger partial charge in [-0.2, -0.15) is 0 Å². The molecule has 2 N–H and O–H groups in total. The fourth-order valence-electron chi connectivity index (χ4n) is 2.81. The molecule has 0 aliphatic heterocycles. The molecule has 0 amide bonds. The normalized spacial score (nSPS) is 11.1. The lowest BCUT2D eigenvalue weighted by atomic mass is 10.2. The van der Waals surface area contributed by atoms with Gasteiger partial charge in [-0.25, -0.2) is 4.98 Å². The van der Waals surface area contributed by atoms with E-state index in [1.165, 1.54) is 19.3 Å². The van der Waals surface area contributed by atoms with Crippen molar-refractivity contribution in [2.45, 2.75) is 39.2 Å². The lowest BCUT2D eigenvalue weighted by molar-refractivity contribution is 0.594. The molecule has 22 heavy (non-hydrogen) atoms. The minimum absolute atomic E-state index is 0.731. The number of imidazole rings is 1. The average Bonchev–Trinajstić information content (AvgIpc) is 2.93. The van der Waals surface area contributed by atoms with E-state index in [0.29, 0.717) is 0 Å². The van der Waals surface area contributed by atoms with Gasteiger partial charge in [-0.05, 0) is 30.7 Å². The van der Waals surface area contributed by atoms with E-state index in [4.69, 9.17) is 10.7 Å². The smallest absolute Gasteiger partial charge is 0.142 e. The van der Waals surface area contributed by atoms with Crippen LogP contribution >= 0.6 is 0 Å². The van der Waals surface area contributed by atoms with Gasteiger partial charge >= 0.3 is 0 Å². The van der Waals surface area contributed by atoms with Gasteiger partial charge in [-0.15, -0.1) is 0 Å². The first-order chi connectivity index (χ1) is 10.8. The monoisotopic (exact) mass is 294 g/mol. The van der Waals surface area contributed by atoms with Crippen LogP contribution in [-0.4, -0.2) is 14.5 Å². The predicted molar refractivity (Wildman–Crippen MR) is 91.5 cm³/mol. The van der Waals surface area contributed by atoms with Crippen LogP contribution in [0.25, 0.3) is 22.4 Å². The molecule has 0 spiro atoms. The van der Waals surface area contributed by atoms with Gasteiger partial charge in [0.25, 0.3) is 0 Å². The summed E-state index contributed by atoms with van der Waals surface area (Å²) in [4.78, 5) is 9.00. The molecule has 4 nitrogen and oxygen atoms in total. The van der Waals surface area contributed by atoms with Crippen molar-refractivity contribution in [1.29, 1.82) is 0 Å². The lowest BCUT2D eigenvalue weighted by Gasteiger charge is -2.09. The molecule has 0 aliphatic carbocycles. The van der Waals surface area contributed by atoms with Gasteiger partial charge in [-0.3, -0.25) is 4.98 Å². The van der Waals surface area contributed by atoms with Crippen LogP contribution in [0.15, 0.2) is 42.7 Å². The van der Waals surface area contributed by atoms with Crippen molar-refractivity contribution < 1.29 is 0 Å². The summed E-state index contributed by atoms with van der Waals surface area (Å²) < 4.78 is 2.28. The number of rotatable bonds is 6. The van der Waals surface area contributed by atoms with Gasteiger partial charge in [-0.1, -0.05) is 32.3 Å². The topological polar surface area (TPSA) is 56.7 Å². The zero-order valence-electron chi connectivity index (χ0n) is 13.0. The molecule has 2 heterocycles. The maximum Gasteiger partial charge on any atom is 0.142 e. The Balaban J connectivity index is 2.04. The Labute approximate surface area is 131 Å². The van der Waals surface area contributed by atoms with Crippen molar-refractivity contribution in [2.75, 3.05) is 5.73 Å². The molecule has 3 aromatic rings. The summed E-state index contributed by atoms with van der Waals surface area (Å²) in [7, 11) is 0. The van der Waals surface area contributed by atoms with Gasteiger partial charge < -0.3 is 10.3 Å². The third-order valence-corrected chi connectivity index (χ3v) is 3.97. The van der Waals surface area contributed by atoms with Gasteiger partial charge in [0, 0.05) is 24.5 Å². The standard InChI is InChI=1S/C18H22N4/c1-2-3-4-5-12-22-16-10-6-9-15(19)17(16)21-18(22)14-8-7-11-20-13-14/h6-11,13H,2-5,12,19H2,1H3. The second kappa shape index (κ2) is 6.60. The molecule has 0 saturated carbocycles. The van der Waals surface area contributed by atoms with Crippen LogP contribution in [-0.2, 0) is 6.54 Å². The number of para-hydroxylation sites is 1. The van der Waals surface area contributed by atoms with Crippen LogP contribution in [0, 0.1) is 0 Å². The van der Waals surface area contributed by atoms with Crippen LogP contribution < -0.4 is 5.73 Å². The van der Waals surface area contributed by atoms with Gasteiger partial charge in [0.05, 0.1) is 11.2 Å². The molecular weight excluding hydrogens is 272 g/mol. The number of benzene rings is 1. The zero-order chi connectivity index (χ0) is 15.4. The van der Waals surface area contributed by atoms with Gasteiger partial charge in [0.2, 0.25) is 0 Å². The molecule has 3 rings (SSSR count). The molecule has 2 aromatic heterocycles. The lowest BCUT2D eigenvalue weighted by Crippen LogP contribution is -2.01. The highest BCUT2D eigenvalue weighted by Gasteiger charge is 2.13. The fourth-order valence-corrected chi connectivity index (χ4v) is 2.81. The van der Waals surface area contributed by atoms with Crippen molar-refractivity contribution >= 4 is 16.7 Å². The Morgan fingerprint density at radius 1 is 1.09 bits per heavy atom. The van der Waals surface area contributed by atoms with Crippen molar-refractivity contribution in [3.05, 3.63) is 42.7 Å². The first-order valence-electron chi connectivity index (χ1n) is 7.96. The van der Waals surface area contributed by atoms with E-state index in [0.717, 1.165) is 41.1 Å². The maximum atomic E-state index is 6.10. The number of pyridine rings is 1. The summed E-state index contributed by atoms with van der Waals surface area (Å²) in [5.74, 6) is 0.956. The molecule has 0 aliphatic rings. The third-order valence-electron chi connectivity index (χ3n) is 3.97. The molecule has 0 unspecified atom stereocenters. The minimum atomic E-state index is 0.731. The molecule has 114 valence electrons. The van der Waals surface area contributed by atoms with Gasteiger partial charge in [0.1, 0.15) is 11.3 Å². The Bertz CT molecular complexity index is 746. The predicted octanol–water partition coefficient (Wildman–Crippen LogP) is 4.26. The van der Waals surface area contributed by atoms with Gasteiger partial charge in [0.15, 0.2) is 0 Å². The van der Waals surface area contributed by atoms with E-state index in [1.54, 1.807) is 6.20 Å². The largest absolute Gasteiger partial charge is 0.397 e. The Kier molecular flexibility index (Phi) is 4.37. The minimum Gasteiger partial charge on any atom is -0.397 e. The highest BCUT2D eigenvalue weighted by atomic mass is 15.1. The number of aryl methyl sites for hydroxylation is 1. The van der Waals surface area contributed by atoms with E-state index in [1.807, 2.05) is 30.5 Å². The van der Waals surface area contributed by atoms with Crippen molar-refractivity contribution in [3.8, 4) is 11.4 Å². The van der Waals surface area contributed by atoms with Crippen LogP contribution in [0.5, 0.6) is 0 Å².